The van der Waals surface area contributed by atoms with Crippen molar-refractivity contribution in [2.75, 3.05) is 47.5 Å². The highest BCUT2D eigenvalue weighted by Gasteiger charge is 2.39. The molecule has 4 aromatic rings. The number of methoxy groups -OCH3 is 3. The number of piperazine rings is 1. The number of nitrogens with one attached hydrogen (secondary N) is 4. The Labute approximate surface area is 342 Å². The second-order valence-electron chi connectivity index (χ2n) is 14.6. The molecule has 0 radical (unpaired) electrons. The average molecular weight is 808 g/mol. The number of alkyl carbamates (subject to hydrolysis) is 2. The molecule has 59 heavy (non-hydrogen) atoms. The first-order valence-corrected chi connectivity index (χ1v) is 19.4. The number of H-pyrrole nitrogens is 2. The van der Waals surface area contributed by atoms with E-state index in [1.807, 2.05) is 62.4 Å². The molecular formula is C42H49N9O8. The molecule has 0 saturated carbocycles. The number of rotatable bonds is 9. The third-order valence-corrected chi connectivity index (χ3v) is 10.5. The summed E-state index contributed by atoms with van der Waals surface area (Å²) in [4.78, 5) is 83.9. The molecule has 0 aliphatic carbocycles. The number of hydrogen-bond acceptors (Lipinski definition) is 10. The van der Waals surface area contributed by atoms with Crippen LogP contribution in [0.4, 0.5) is 14.4 Å². The van der Waals surface area contributed by atoms with Crippen LogP contribution in [0.5, 0.6) is 0 Å². The van der Waals surface area contributed by atoms with Crippen LogP contribution in [0, 0.1) is 17.8 Å². The zero-order chi connectivity index (χ0) is 42.2. The SMILES string of the molecule is COC(=O)NC(C)C(=O)N1CCN(C(=O)OC)CC1c1nc(-c2ccc(C#Cc3ccc(-c4cnc(C5CCCN5C(=O)C(NC(=O)OC)C(C)C)[nH]4)cc3)cc2)c[nH]1. The molecule has 2 aliphatic rings. The van der Waals surface area contributed by atoms with Gasteiger partial charge in [-0.15, -0.1) is 0 Å². The zero-order valence-corrected chi connectivity index (χ0v) is 33.9. The summed E-state index contributed by atoms with van der Waals surface area (Å²) in [5.41, 5.74) is 4.83. The van der Waals surface area contributed by atoms with Gasteiger partial charge in [0.25, 0.3) is 0 Å². The summed E-state index contributed by atoms with van der Waals surface area (Å²) in [6, 6.07) is 13.0. The van der Waals surface area contributed by atoms with Crippen LogP contribution < -0.4 is 10.6 Å². The summed E-state index contributed by atoms with van der Waals surface area (Å²) in [5, 5.41) is 5.19. The molecular weight excluding hydrogens is 759 g/mol. The van der Waals surface area contributed by atoms with Gasteiger partial charge in [0.05, 0.1) is 51.5 Å². The van der Waals surface area contributed by atoms with Gasteiger partial charge in [-0.1, -0.05) is 50.0 Å². The Morgan fingerprint density at radius 3 is 2.02 bits per heavy atom. The Morgan fingerprint density at radius 2 is 1.39 bits per heavy atom. The summed E-state index contributed by atoms with van der Waals surface area (Å²) in [7, 11) is 3.81. The molecule has 5 amide bonds. The number of hydrogen-bond donors (Lipinski definition) is 4. The molecule has 0 bridgehead atoms. The van der Waals surface area contributed by atoms with Crippen LogP contribution in [-0.4, -0.2) is 124 Å². The van der Waals surface area contributed by atoms with Crippen molar-refractivity contribution in [1.29, 1.82) is 0 Å². The van der Waals surface area contributed by atoms with Crippen LogP contribution in [0.2, 0.25) is 0 Å². The van der Waals surface area contributed by atoms with Crippen molar-refractivity contribution in [2.24, 2.45) is 5.92 Å². The minimum Gasteiger partial charge on any atom is -0.453 e. The minimum absolute atomic E-state index is 0.120. The molecule has 6 rings (SSSR count). The highest BCUT2D eigenvalue weighted by Crippen LogP contribution is 2.33. The van der Waals surface area contributed by atoms with Crippen LogP contribution >= 0.6 is 0 Å². The predicted molar refractivity (Wildman–Crippen MR) is 215 cm³/mol. The number of amides is 5. The van der Waals surface area contributed by atoms with Crippen molar-refractivity contribution in [3.05, 3.63) is 83.7 Å². The van der Waals surface area contributed by atoms with Gasteiger partial charge in [-0.2, -0.15) is 0 Å². The molecule has 4 N–H and O–H groups in total. The lowest BCUT2D eigenvalue weighted by molar-refractivity contribution is -0.138. The highest BCUT2D eigenvalue weighted by atomic mass is 16.5. The maximum atomic E-state index is 13.5. The van der Waals surface area contributed by atoms with E-state index in [4.69, 9.17) is 14.5 Å². The number of nitrogens with zero attached hydrogens (tertiary/aromatic N) is 5. The van der Waals surface area contributed by atoms with Gasteiger partial charge in [-0.05, 0) is 55.5 Å². The molecule has 17 nitrogen and oxygen atoms in total. The maximum Gasteiger partial charge on any atom is 0.409 e. The van der Waals surface area contributed by atoms with Gasteiger partial charge < -0.3 is 49.5 Å². The van der Waals surface area contributed by atoms with Gasteiger partial charge in [-0.3, -0.25) is 9.59 Å². The van der Waals surface area contributed by atoms with E-state index < -0.39 is 36.4 Å². The highest BCUT2D eigenvalue weighted by molar-refractivity contribution is 5.87. The monoisotopic (exact) mass is 807 g/mol. The zero-order valence-electron chi connectivity index (χ0n) is 33.9. The second-order valence-corrected chi connectivity index (χ2v) is 14.6. The molecule has 2 aliphatic heterocycles. The van der Waals surface area contributed by atoms with Crippen molar-refractivity contribution in [2.45, 2.75) is 57.8 Å². The molecule has 2 aromatic heterocycles. The van der Waals surface area contributed by atoms with E-state index in [1.165, 1.54) is 26.2 Å². The van der Waals surface area contributed by atoms with Crippen LogP contribution in [0.1, 0.15) is 68.5 Å². The van der Waals surface area contributed by atoms with E-state index in [-0.39, 0.29) is 43.4 Å². The standard InChI is InChI=1S/C42H49N9O8/c1-25(2)35(48-41(55)58-5)39(53)50-19-7-8-33(50)36-43-22-31(46-36)29-15-11-27(12-16-29)9-10-28-13-17-30(18-14-28)32-23-44-37(47-32)34-24-49(42(56)59-6)20-21-51(34)38(52)26(3)45-40(54)57-4/h11-18,22-23,25-26,33-35H,7-8,19-21,24H2,1-6H3,(H,43,46)(H,44,47)(H,45,54)(H,48,55). The van der Waals surface area contributed by atoms with Crippen molar-refractivity contribution in [3.8, 4) is 34.4 Å². The van der Waals surface area contributed by atoms with E-state index in [0.717, 1.165) is 40.8 Å². The molecule has 4 atom stereocenters. The average Bonchev–Trinajstić information content (AvgIpc) is 4.06. The number of ether oxygens (including phenoxy) is 3. The lowest BCUT2D eigenvalue weighted by atomic mass is 10.0. The number of benzene rings is 2. The number of carbonyl (C=O) groups excluding carboxylic acids is 5. The number of carbonyl (C=O) groups is 5. The summed E-state index contributed by atoms with van der Waals surface area (Å²) < 4.78 is 14.3. The maximum absolute atomic E-state index is 13.5. The number of aromatic nitrogens is 4. The Morgan fingerprint density at radius 1 is 0.763 bits per heavy atom. The summed E-state index contributed by atoms with van der Waals surface area (Å²) in [5.74, 6) is 6.98. The summed E-state index contributed by atoms with van der Waals surface area (Å²) in [6.07, 6.45) is 3.23. The lowest BCUT2D eigenvalue weighted by Gasteiger charge is -2.40. The molecule has 2 saturated heterocycles. The fraction of sp³-hybridized carbons (Fsp3) is 0.405. The lowest BCUT2D eigenvalue weighted by Crippen LogP contribution is -2.56. The number of aromatic amines is 2. The first kappa shape index (κ1) is 41.8. The quantitative estimate of drug-likeness (QED) is 0.137. The first-order valence-electron chi connectivity index (χ1n) is 19.4. The fourth-order valence-electron chi connectivity index (χ4n) is 7.22. The minimum atomic E-state index is -0.864. The molecule has 0 spiro atoms. The van der Waals surface area contributed by atoms with Gasteiger partial charge in [0.2, 0.25) is 11.8 Å². The van der Waals surface area contributed by atoms with Crippen LogP contribution in [0.3, 0.4) is 0 Å². The van der Waals surface area contributed by atoms with Crippen molar-refractivity contribution in [1.82, 2.24) is 45.3 Å². The molecule has 2 fully saturated rings. The van der Waals surface area contributed by atoms with Crippen molar-refractivity contribution >= 4 is 30.1 Å². The molecule has 2 aromatic carbocycles. The summed E-state index contributed by atoms with van der Waals surface area (Å²) >= 11 is 0. The molecule has 17 heteroatoms. The Bertz CT molecular complexity index is 2210. The van der Waals surface area contributed by atoms with Gasteiger partial charge in [-0.25, -0.2) is 24.4 Å². The number of likely N-dealkylation sites (tertiary alicyclic amines) is 1. The van der Waals surface area contributed by atoms with Crippen molar-refractivity contribution in [3.63, 3.8) is 0 Å². The second kappa shape index (κ2) is 18.6. The van der Waals surface area contributed by atoms with Crippen molar-refractivity contribution < 1.29 is 38.2 Å². The van der Waals surface area contributed by atoms with Gasteiger partial charge in [0.1, 0.15) is 29.8 Å². The first-order chi connectivity index (χ1) is 28.4. The largest absolute Gasteiger partial charge is 0.453 e. The normalized spacial score (nSPS) is 17.4. The third kappa shape index (κ3) is 9.66. The Hall–Kier alpha value is -6.83. The van der Waals surface area contributed by atoms with E-state index >= 15 is 0 Å². The third-order valence-electron chi connectivity index (χ3n) is 10.5. The van der Waals surface area contributed by atoms with E-state index in [2.05, 4.69) is 42.2 Å². The van der Waals surface area contributed by atoms with Gasteiger partial charge in [0, 0.05) is 42.5 Å². The molecule has 4 unspecified atom stereocenters. The smallest absolute Gasteiger partial charge is 0.409 e. The van der Waals surface area contributed by atoms with E-state index in [9.17, 15) is 24.0 Å². The number of imidazole rings is 2. The topological polar surface area (TPSA) is 204 Å². The van der Waals surface area contributed by atoms with Crippen LogP contribution in [0.15, 0.2) is 60.9 Å². The Kier molecular flexibility index (Phi) is 13.2. The summed E-state index contributed by atoms with van der Waals surface area (Å²) in [6.45, 7) is 6.54. The predicted octanol–water partition coefficient (Wildman–Crippen LogP) is 4.61. The van der Waals surface area contributed by atoms with E-state index in [1.54, 1.807) is 29.1 Å². The molecule has 310 valence electrons. The van der Waals surface area contributed by atoms with Crippen LogP contribution in [0.25, 0.3) is 22.5 Å². The van der Waals surface area contributed by atoms with E-state index in [0.29, 0.717) is 23.9 Å². The van der Waals surface area contributed by atoms with Gasteiger partial charge >= 0.3 is 18.3 Å². The van der Waals surface area contributed by atoms with Gasteiger partial charge in [0.15, 0.2) is 0 Å². The molecule has 4 heterocycles. The fourth-order valence-corrected chi connectivity index (χ4v) is 7.22. The Balaban J connectivity index is 1.10. The van der Waals surface area contributed by atoms with Crippen LogP contribution in [-0.2, 0) is 23.8 Å².